The van der Waals surface area contributed by atoms with E-state index in [4.69, 9.17) is 5.73 Å². The van der Waals surface area contributed by atoms with Crippen molar-refractivity contribution in [2.24, 2.45) is 0 Å². The molecule has 0 aliphatic rings. The highest BCUT2D eigenvalue weighted by Gasteiger charge is 2.15. The number of hydrogen-bond donors (Lipinski definition) is 3. The first kappa shape index (κ1) is 10.6. The van der Waals surface area contributed by atoms with Gasteiger partial charge in [-0.1, -0.05) is 12.1 Å². The minimum atomic E-state index is -3.55. The van der Waals surface area contributed by atoms with Crippen LogP contribution in [0.5, 0.6) is 0 Å². The molecule has 1 heterocycles. The van der Waals surface area contributed by atoms with Crippen molar-refractivity contribution >= 4 is 21.4 Å². The summed E-state index contributed by atoms with van der Waals surface area (Å²) in [5.41, 5.74) is 6.42. The van der Waals surface area contributed by atoms with E-state index in [0.29, 0.717) is 11.4 Å². The lowest BCUT2D eigenvalue weighted by atomic mass is 10.3. The van der Waals surface area contributed by atoms with Crippen LogP contribution in [0.3, 0.4) is 0 Å². The van der Waals surface area contributed by atoms with Crippen molar-refractivity contribution in [3.05, 3.63) is 42.7 Å². The second kappa shape index (κ2) is 3.90. The minimum absolute atomic E-state index is 0.177. The first-order valence-electron chi connectivity index (χ1n) is 4.60. The first-order chi connectivity index (χ1) is 7.59. The molecule has 0 amide bonds. The predicted octanol–water partition coefficient (Wildman–Crippen LogP) is 1.40. The third kappa shape index (κ3) is 2.01. The molecular weight excluding hydrogens is 226 g/mol. The van der Waals surface area contributed by atoms with Gasteiger partial charge in [0.15, 0.2) is 0 Å². The molecular formula is C10H11N3O2S. The van der Waals surface area contributed by atoms with Crippen LogP contribution >= 0.6 is 0 Å². The average molecular weight is 237 g/mol. The molecule has 0 saturated heterocycles. The lowest BCUT2D eigenvalue weighted by Crippen LogP contribution is -2.13. The van der Waals surface area contributed by atoms with Crippen LogP contribution in [0.4, 0.5) is 11.4 Å². The van der Waals surface area contributed by atoms with E-state index in [1.807, 2.05) is 0 Å². The molecule has 0 aliphatic carbocycles. The molecule has 2 aromatic rings. The number of H-pyrrole nitrogens is 1. The number of nitrogen functional groups attached to an aromatic ring is 1. The summed E-state index contributed by atoms with van der Waals surface area (Å²) in [5, 5.41) is 0. The van der Waals surface area contributed by atoms with Crippen molar-refractivity contribution in [2.45, 2.75) is 4.90 Å². The van der Waals surface area contributed by atoms with E-state index in [-0.39, 0.29) is 4.90 Å². The summed E-state index contributed by atoms with van der Waals surface area (Å²) >= 11 is 0. The minimum Gasteiger partial charge on any atom is -0.397 e. The normalized spacial score (nSPS) is 11.2. The van der Waals surface area contributed by atoms with Gasteiger partial charge < -0.3 is 10.7 Å². The lowest BCUT2D eigenvalue weighted by molar-refractivity contribution is 0.601. The van der Waals surface area contributed by atoms with E-state index in [0.717, 1.165) is 0 Å². The predicted molar refractivity (Wildman–Crippen MR) is 62.5 cm³/mol. The Morgan fingerprint density at radius 1 is 1.19 bits per heavy atom. The van der Waals surface area contributed by atoms with E-state index >= 15 is 0 Å². The number of rotatable bonds is 3. The SMILES string of the molecule is Nc1ccccc1NS(=O)(=O)c1cc[nH]c1. The average Bonchev–Trinajstić information content (AvgIpc) is 2.75. The Kier molecular flexibility index (Phi) is 2.57. The summed E-state index contributed by atoms with van der Waals surface area (Å²) < 4.78 is 26.1. The van der Waals surface area contributed by atoms with Crippen LogP contribution in [0, 0.1) is 0 Å². The Bertz CT molecular complexity index is 576. The molecule has 5 nitrogen and oxygen atoms in total. The van der Waals surface area contributed by atoms with Crippen molar-refractivity contribution in [3.8, 4) is 0 Å². The molecule has 0 saturated carbocycles. The van der Waals surface area contributed by atoms with Crippen molar-refractivity contribution in [3.63, 3.8) is 0 Å². The van der Waals surface area contributed by atoms with Gasteiger partial charge in [0, 0.05) is 12.4 Å². The molecule has 0 fully saturated rings. The molecule has 2 rings (SSSR count). The van der Waals surface area contributed by atoms with E-state index in [1.54, 1.807) is 30.5 Å². The van der Waals surface area contributed by atoms with E-state index in [1.165, 1.54) is 12.3 Å². The third-order valence-corrected chi connectivity index (χ3v) is 3.45. The van der Waals surface area contributed by atoms with Gasteiger partial charge in [0.2, 0.25) is 0 Å². The summed E-state index contributed by atoms with van der Waals surface area (Å²) in [7, 11) is -3.55. The van der Waals surface area contributed by atoms with Crippen LogP contribution in [0.15, 0.2) is 47.6 Å². The van der Waals surface area contributed by atoms with Crippen LogP contribution in [0.2, 0.25) is 0 Å². The van der Waals surface area contributed by atoms with E-state index in [2.05, 4.69) is 9.71 Å². The van der Waals surface area contributed by atoms with E-state index in [9.17, 15) is 8.42 Å². The monoisotopic (exact) mass is 237 g/mol. The second-order valence-electron chi connectivity index (χ2n) is 3.24. The van der Waals surface area contributed by atoms with Crippen LogP contribution in [-0.2, 0) is 10.0 Å². The van der Waals surface area contributed by atoms with Crippen molar-refractivity contribution < 1.29 is 8.42 Å². The third-order valence-electron chi connectivity index (χ3n) is 2.08. The van der Waals surface area contributed by atoms with Crippen LogP contribution in [0.1, 0.15) is 0 Å². The standard InChI is InChI=1S/C10H11N3O2S/c11-9-3-1-2-4-10(9)13-16(14,15)8-5-6-12-7-8/h1-7,12-13H,11H2. The second-order valence-corrected chi connectivity index (χ2v) is 4.92. The molecule has 0 spiro atoms. The largest absolute Gasteiger partial charge is 0.397 e. The summed E-state index contributed by atoms with van der Waals surface area (Å²) in [4.78, 5) is 2.86. The van der Waals surface area contributed by atoms with Crippen molar-refractivity contribution in [2.75, 3.05) is 10.5 Å². The fourth-order valence-corrected chi connectivity index (χ4v) is 2.33. The molecule has 0 unspecified atom stereocenters. The van der Waals surface area contributed by atoms with Gasteiger partial charge in [0.1, 0.15) is 4.90 Å². The summed E-state index contributed by atoms with van der Waals surface area (Å²) in [6, 6.07) is 8.17. The number of benzene rings is 1. The highest BCUT2D eigenvalue weighted by atomic mass is 32.2. The van der Waals surface area contributed by atoms with Gasteiger partial charge in [-0.05, 0) is 18.2 Å². The highest BCUT2D eigenvalue weighted by Crippen LogP contribution is 2.20. The van der Waals surface area contributed by atoms with Gasteiger partial charge in [0.05, 0.1) is 11.4 Å². The number of aromatic amines is 1. The smallest absolute Gasteiger partial charge is 0.263 e. The first-order valence-corrected chi connectivity index (χ1v) is 6.08. The maximum Gasteiger partial charge on any atom is 0.263 e. The lowest BCUT2D eigenvalue weighted by Gasteiger charge is -2.08. The van der Waals surface area contributed by atoms with Gasteiger partial charge in [-0.3, -0.25) is 4.72 Å². The molecule has 84 valence electrons. The molecule has 1 aromatic heterocycles. The van der Waals surface area contributed by atoms with E-state index < -0.39 is 10.0 Å². The molecule has 16 heavy (non-hydrogen) atoms. The number of nitrogens with two attached hydrogens (primary N) is 1. The van der Waals surface area contributed by atoms with Gasteiger partial charge in [-0.15, -0.1) is 0 Å². The fraction of sp³-hybridized carbons (Fsp3) is 0. The maximum atomic E-state index is 11.8. The van der Waals surface area contributed by atoms with Gasteiger partial charge in [-0.25, -0.2) is 8.42 Å². The molecule has 0 radical (unpaired) electrons. The summed E-state index contributed by atoms with van der Waals surface area (Å²) in [5.74, 6) is 0. The Morgan fingerprint density at radius 2 is 1.94 bits per heavy atom. The number of aromatic nitrogens is 1. The number of para-hydroxylation sites is 2. The van der Waals surface area contributed by atoms with Crippen molar-refractivity contribution in [1.29, 1.82) is 0 Å². The number of anilines is 2. The molecule has 4 N–H and O–H groups in total. The number of hydrogen-bond acceptors (Lipinski definition) is 3. The van der Waals surface area contributed by atoms with Gasteiger partial charge >= 0.3 is 0 Å². The quantitative estimate of drug-likeness (QED) is 0.705. The molecule has 0 bridgehead atoms. The molecule has 0 aliphatic heterocycles. The Labute approximate surface area is 93.3 Å². The van der Waals surface area contributed by atoms with Gasteiger partial charge in [0.25, 0.3) is 10.0 Å². The summed E-state index contributed by atoms with van der Waals surface area (Å²) in [6.07, 6.45) is 2.95. The Morgan fingerprint density at radius 3 is 2.56 bits per heavy atom. The van der Waals surface area contributed by atoms with Crippen LogP contribution < -0.4 is 10.5 Å². The molecule has 6 heteroatoms. The summed E-state index contributed by atoms with van der Waals surface area (Å²) in [6.45, 7) is 0. The fourth-order valence-electron chi connectivity index (χ4n) is 1.27. The zero-order chi connectivity index (χ0) is 11.6. The van der Waals surface area contributed by atoms with Gasteiger partial charge in [-0.2, -0.15) is 0 Å². The van der Waals surface area contributed by atoms with Crippen LogP contribution in [0.25, 0.3) is 0 Å². The zero-order valence-electron chi connectivity index (χ0n) is 8.34. The topological polar surface area (TPSA) is 88.0 Å². The zero-order valence-corrected chi connectivity index (χ0v) is 9.16. The maximum absolute atomic E-state index is 11.8. The number of sulfonamides is 1. The molecule has 1 aromatic carbocycles. The Balaban J connectivity index is 2.33. The van der Waals surface area contributed by atoms with Crippen LogP contribution in [-0.4, -0.2) is 13.4 Å². The number of nitrogens with one attached hydrogen (secondary N) is 2. The Hall–Kier alpha value is -1.95. The van der Waals surface area contributed by atoms with Crippen molar-refractivity contribution in [1.82, 2.24) is 4.98 Å². The highest BCUT2D eigenvalue weighted by molar-refractivity contribution is 7.92. The molecule has 0 atom stereocenters.